The number of fused-ring (bicyclic) bond motifs is 3. The average molecular weight is 319 g/mol. The lowest BCUT2D eigenvalue weighted by molar-refractivity contribution is 0.252. The van der Waals surface area contributed by atoms with Crippen LogP contribution in [0.1, 0.15) is 30.3 Å². The first-order valence-electron chi connectivity index (χ1n) is 9.08. The number of hydrogen-bond donors (Lipinski definition) is 0. The molecule has 3 aromatic rings. The van der Waals surface area contributed by atoms with Gasteiger partial charge in [-0.15, -0.1) is 0 Å². The van der Waals surface area contributed by atoms with Gasteiger partial charge in [-0.3, -0.25) is 9.88 Å². The van der Waals surface area contributed by atoms with Crippen LogP contribution in [0, 0.1) is 0 Å². The summed E-state index contributed by atoms with van der Waals surface area (Å²) in [5, 5.41) is 1.44. The minimum atomic E-state index is 0.991. The Morgan fingerprint density at radius 1 is 1.04 bits per heavy atom. The topological polar surface area (TPSA) is 21.1 Å². The normalized spacial score (nSPS) is 14.9. The standard InChI is InChI=1S/C21H25N3/c1-2-13-23-14-11-21-19(16-23)18-8-3-4-9-20(18)24(21)15-10-17-7-5-6-12-22-17/h3-9,12H,2,10-11,13-16H2,1H3. The van der Waals surface area contributed by atoms with Gasteiger partial charge in [-0.25, -0.2) is 0 Å². The molecule has 1 aliphatic heterocycles. The fourth-order valence-electron chi connectivity index (χ4n) is 3.99. The van der Waals surface area contributed by atoms with E-state index in [0.29, 0.717) is 0 Å². The van der Waals surface area contributed by atoms with Gasteiger partial charge in [0.2, 0.25) is 0 Å². The van der Waals surface area contributed by atoms with Crippen LogP contribution >= 0.6 is 0 Å². The molecule has 1 aliphatic rings. The summed E-state index contributed by atoms with van der Waals surface area (Å²) in [6, 6.07) is 15.1. The van der Waals surface area contributed by atoms with Gasteiger partial charge in [-0.05, 0) is 36.7 Å². The van der Waals surface area contributed by atoms with E-state index in [1.54, 1.807) is 11.3 Å². The largest absolute Gasteiger partial charge is 0.344 e. The van der Waals surface area contributed by atoms with Crippen LogP contribution in [0.15, 0.2) is 48.7 Å². The molecule has 2 aromatic heterocycles. The summed E-state index contributed by atoms with van der Waals surface area (Å²) in [5.74, 6) is 0. The Kier molecular flexibility index (Phi) is 4.35. The first-order valence-corrected chi connectivity index (χ1v) is 9.08. The number of para-hydroxylation sites is 1. The molecule has 3 nitrogen and oxygen atoms in total. The zero-order valence-electron chi connectivity index (χ0n) is 14.4. The molecule has 3 heterocycles. The van der Waals surface area contributed by atoms with E-state index in [1.807, 2.05) is 12.3 Å². The smallest absolute Gasteiger partial charge is 0.0486 e. The lowest BCUT2D eigenvalue weighted by atomic mass is 10.0. The highest BCUT2D eigenvalue weighted by Crippen LogP contribution is 2.31. The molecule has 24 heavy (non-hydrogen) atoms. The number of hydrogen-bond acceptors (Lipinski definition) is 2. The van der Waals surface area contributed by atoms with Crippen molar-refractivity contribution in [3.05, 3.63) is 65.6 Å². The molecule has 0 amide bonds. The number of nitrogens with zero attached hydrogens (tertiary/aromatic N) is 3. The number of pyridine rings is 1. The molecule has 1 aromatic carbocycles. The van der Waals surface area contributed by atoms with Gasteiger partial charge in [-0.1, -0.05) is 31.2 Å². The van der Waals surface area contributed by atoms with Crippen LogP contribution in [0.25, 0.3) is 10.9 Å². The summed E-state index contributed by atoms with van der Waals surface area (Å²) in [4.78, 5) is 7.08. The van der Waals surface area contributed by atoms with E-state index < -0.39 is 0 Å². The Balaban J connectivity index is 1.68. The molecule has 3 heteroatoms. The van der Waals surface area contributed by atoms with Crippen LogP contribution in [0.2, 0.25) is 0 Å². The molecule has 0 spiro atoms. The Hall–Kier alpha value is -2.13. The summed E-state index contributed by atoms with van der Waals surface area (Å²) >= 11 is 0. The number of rotatable bonds is 5. The third kappa shape index (κ3) is 2.84. The summed E-state index contributed by atoms with van der Waals surface area (Å²) in [6.07, 6.45) is 5.27. The van der Waals surface area contributed by atoms with E-state index in [2.05, 4.69) is 57.8 Å². The lowest BCUT2D eigenvalue weighted by Crippen LogP contribution is -2.31. The molecule has 0 N–H and O–H groups in total. The number of aryl methyl sites for hydroxylation is 2. The highest BCUT2D eigenvalue weighted by molar-refractivity contribution is 5.85. The summed E-state index contributed by atoms with van der Waals surface area (Å²) in [5.41, 5.74) is 5.65. The maximum absolute atomic E-state index is 4.49. The first kappa shape index (κ1) is 15.4. The van der Waals surface area contributed by atoms with E-state index in [9.17, 15) is 0 Å². The third-order valence-electron chi connectivity index (χ3n) is 5.10. The fraction of sp³-hybridized carbons (Fsp3) is 0.381. The van der Waals surface area contributed by atoms with E-state index >= 15 is 0 Å². The Morgan fingerprint density at radius 2 is 1.92 bits per heavy atom. The molecule has 0 fully saturated rings. The molecule has 0 saturated heterocycles. The van der Waals surface area contributed by atoms with Gasteiger partial charge < -0.3 is 4.57 Å². The van der Waals surface area contributed by atoms with Crippen LogP contribution in [-0.4, -0.2) is 27.5 Å². The zero-order chi connectivity index (χ0) is 16.4. The second-order valence-electron chi connectivity index (χ2n) is 6.69. The predicted molar refractivity (Wildman–Crippen MR) is 99.2 cm³/mol. The van der Waals surface area contributed by atoms with Gasteiger partial charge >= 0.3 is 0 Å². The Labute approximate surface area is 143 Å². The van der Waals surface area contributed by atoms with E-state index in [1.165, 1.54) is 36.1 Å². The van der Waals surface area contributed by atoms with Gasteiger partial charge in [0.15, 0.2) is 0 Å². The van der Waals surface area contributed by atoms with Crippen molar-refractivity contribution in [1.29, 1.82) is 0 Å². The van der Waals surface area contributed by atoms with E-state index in [-0.39, 0.29) is 0 Å². The molecule has 0 aliphatic carbocycles. The molecule has 0 bridgehead atoms. The van der Waals surface area contributed by atoms with Crippen molar-refractivity contribution in [3.63, 3.8) is 0 Å². The highest BCUT2D eigenvalue weighted by Gasteiger charge is 2.23. The first-order chi connectivity index (χ1) is 11.9. The highest BCUT2D eigenvalue weighted by atomic mass is 15.1. The zero-order valence-corrected chi connectivity index (χ0v) is 14.4. The Morgan fingerprint density at radius 3 is 2.75 bits per heavy atom. The quantitative estimate of drug-likeness (QED) is 0.707. The number of aromatic nitrogens is 2. The van der Waals surface area contributed by atoms with Crippen molar-refractivity contribution in [2.45, 2.75) is 39.3 Å². The van der Waals surface area contributed by atoms with Crippen molar-refractivity contribution in [2.75, 3.05) is 13.1 Å². The lowest BCUT2D eigenvalue weighted by Gasteiger charge is -2.27. The summed E-state index contributed by atoms with van der Waals surface area (Å²) in [6.45, 7) is 6.76. The van der Waals surface area contributed by atoms with Crippen molar-refractivity contribution < 1.29 is 0 Å². The van der Waals surface area contributed by atoms with Gasteiger partial charge in [-0.2, -0.15) is 0 Å². The molecule has 0 saturated carbocycles. The molecule has 0 unspecified atom stereocenters. The van der Waals surface area contributed by atoms with Crippen LogP contribution in [0.3, 0.4) is 0 Å². The van der Waals surface area contributed by atoms with Crippen molar-refractivity contribution in [1.82, 2.24) is 14.5 Å². The molecular weight excluding hydrogens is 294 g/mol. The second-order valence-corrected chi connectivity index (χ2v) is 6.69. The van der Waals surface area contributed by atoms with Crippen LogP contribution in [0.4, 0.5) is 0 Å². The van der Waals surface area contributed by atoms with Gasteiger partial charge in [0.05, 0.1) is 0 Å². The maximum Gasteiger partial charge on any atom is 0.0486 e. The summed E-state index contributed by atoms with van der Waals surface area (Å²) < 4.78 is 2.54. The molecule has 4 rings (SSSR count). The second kappa shape index (κ2) is 6.78. The third-order valence-corrected chi connectivity index (χ3v) is 5.10. The number of benzene rings is 1. The van der Waals surface area contributed by atoms with E-state index in [4.69, 9.17) is 0 Å². The maximum atomic E-state index is 4.49. The van der Waals surface area contributed by atoms with Gasteiger partial charge in [0, 0.05) is 61.0 Å². The molecule has 0 radical (unpaired) electrons. The van der Waals surface area contributed by atoms with Gasteiger partial charge in [0.25, 0.3) is 0 Å². The van der Waals surface area contributed by atoms with Crippen molar-refractivity contribution in [2.24, 2.45) is 0 Å². The van der Waals surface area contributed by atoms with E-state index in [0.717, 1.165) is 25.9 Å². The SMILES string of the molecule is CCCN1CCc2c(c3ccccc3n2CCc2ccccn2)C1. The van der Waals surface area contributed by atoms with Crippen molar-refractivity contribution >= 4 is 10.9 Å². The minimum Gasteiger partial charge on any atom is -0.344 e. The molecule has 0 atom stereocenters. The predicted octanol–water partition coefficient (Wildman–Crippen LogP) is 4.05. The van der Waals surface area contributed by atoms with Crippen LogP contribution < -0.4 is 0 Å². The molecular formula is C21H25N3. The Bertz CT molecular complexity index is 820. The monoisotopic (exact) mass is 319 g/mol. The van der Waals surface area contributed by atoms with Crippen LogP contribution in [0.5, 0.6) is 0 Å². The minimum absolute atomic E-state index is 0.991. The fourth-order valence-corrected chi connectivity index (χ4v) is 3.99. The van der Waals surface area contributed by atoms with Crippen molar-refractivity contribution in [3.8, 4) is 0 Å². The molecule has 124 valence electrons. The summed E-state index contributed by atoms with van der Waals surface area (Å²) in [7, 11) is 0. The van der Waals surface area contributed by atoms with Gasteiger partial charge in [0.1, 0.15) is 0 Å². The average Bonchev–Trinajstić information content (AvgIpc) is 2.95. The van der Waals surface area contributed by atoms with Crippen LogP contribution in [-0.2, 0) is 25.9 Å².